The van der Waals surface area contributed by atoms with Crippen molar-refractivity contribution in [1.82, 2.24) is 4.98 Å². The third kappa shape index (κ3) is 5.51. The zero-order chi connectivity index (χ0) is 25.9. The number of ether oxygens (including phenoxy) is 1. The molecule has 4 rings (SSSR count). The Hall–Kier alpha value is -3.46. The Kier molecular flexibility index (Phi) is 7.59. The van der Waals surface area contributed by atoms with Gasteiger partial charge in [0.25, 0.3) is 10.0 Å². The molecule has 190 valence electrons. The molecule has 0 aliphatic heterocycles. The average molecular weight is 513 g/mol. The highest BCUT2D eigenvalue weighted by Gasteiger charge is 2.23. The van der Waals surface area contributed by atoms with Gasteiger partial charge in [-0.1, -0.05) is 37.6 Å². The van der Waals surface area contributed by atoms with E-state index in [9.17, 15) is 17.6 Å². The van der Waals surface area contributed by atoms with Crippen molar-refractivity contribution in [3.05, 3.63) is 71.7 Å². The van der Waals surface area contributed by atoms with Gasteiger partial charge in [-0.15, -0.1) is 0 Å². The molecule has 3 aromatic rings. The Morgan fingerprint density at radius 1 is 1.08 bits per heavy atom. The van der Waals surface area contributed by atoms with Crippen LogP contribution in [0.5, 0.6) is 5.75 Å². The van der Waals surface area contributed by atoms with E-state index in [2.05, 4.69) is 28.8 Å². The van der Waals surface area contributed by atoms with Crippen molar-refractivity contribution < 1.29 is 27.4 Å². The summed E-state index contributed by atoms with van der Waals surface area (Å²) < 4.78 is 47.6. The molecule has 0 atom stereocenters. The van der Waals surface area contributed by atoms with E-state index in [1.807, 2.05) is 12.1 Å². The number of hydrogen-bond donors (Lipinski definition) is 2. The van der Waals surface area contributed by atoms with Crippen molar-refractivity contribution in [2.45, 2.75) is 50.0 Å². The summed E-state index contributed by atoms with van der Waals surface area (Å²) in [7, 11) is -2.98. The first-order valence-electron chi connectivity index (χ1n) is 11.9. The van der Waals surface area contributed by atoms with Crippen molar-refractivity contribution in [2.24, 2.45) is 5.92 Å². The fourth-order valence-electron chi connectivity index (χ4n) is 4.75. The van der Waals surface area contributed by atoms with Crippen molar-refractivity contribution >= 4 is 21.7 Å². The summed E-state index contributed by atoms with van der Waals surface area (Å²) in [5.74, 6) is -1.32. The van der Waals surface area contributed by atoms with Gasteiger partial charge in [-0.25, -0.2) is 14.2 Å². The largest absolute Gasteiger partial charge is 0.495 e. The van der Waals surface area contributed by atoms with Crippen LogP contribution in [0.3, 0.4) is 0 Å². The average Bonchev–Trinajstić information content (AvgIpc) is 2.88. The van der Waals surface area contributed by atoms with Gasteiger partial charge in [0.15, 0.2) is 5.03 Å². The van der Waals surface area contributed by atoms with E-state index in [-0.39, 0.29) is 16.5 Å². The van der Waals surface area contributed by atoms with Crippen LogP contribution in [0, 0.1) is 11.7 Å². The van der Waals surface area contributed by atoms with Crippen LogP contribution in [0.2, 0.25) is 0 Å². The van der Waals surface area contributed by atoms with Crippen LogP contribution < -0.4 is 9.46 Å². The number of methoxy groups -OCH3 is 1. The van der Waals surface area contributed by atoms with Crippen LogP contribution in [-0.4, -0.2) is 31.6 Å². The minimum absolute atomic E-state index is 0.128. The number of rotatable bonds is 8. The maximum atomic E-state index is 14.2. The minimum Gasteiger partial charge on any atom is -0.495 e. The summed E-state index contributed by atoms with van der Waals surface area (Å²) in [4.78, 5) is 15.2. The topological polar surface area (TPSA) is 106 Å². The number of nitrogens with one attached hydrogen (secondary N) is 1. The van der Waals surface area contributed by atoms with Crippen molar-refractivity contribution in [1.29, 1.82) is 0 Å². The van der Waals surface area contributed by atoms with Gasteiger partial charge in [-0.05, 0) is 72.4 Å². The first-order valence-corrected chi connectivity index (χ1v) is 13.4. The molecule has 0 bridgehead atoms. The fourth-order valence-corrected chi connectivity index (χ4v) is 5.79. The Morgan fingerprint density at radius 3 is 2.39 bits per heavy atom. The van der Waals surface area contributed by atoms with Gasteiger partial charge in [0.1, 0.15) is 11.6 Å². The number of nitrogens with zero attached hydrogens (tertiary/aromatic N) is 1. The third-order valence-corrected chi connectivity index (χ3v) is 8.18. The number of carboxylic acid groups (broad SMARTS) is 1. The van der Waals surface area contributed by atoms with E-state index in [4.69, 9.17) is 9.84 Å². The molecule has 0 saturated heterocycles. The van der Waals surface area contributed by atoms with Gasteiger partial charge in [-0.2, -0.15) is 8.42 Å². The van der Waals surface area contributed by atoms with Gasteiger partial charge in [0.2, 0.25) is 0 Å². The van der Waals surface area contributed by atoms with Crippen LogP contribution in [-0.2, 0) is 10.0 Å². The number of anilines is 1. The van der Waals surface area contributed by atoms with Crippen LogP contribution >= 0.6 is 0 Å². The lowest BCUT2D eigenvalue weighted by Gasteiger charge is -2.28. The lowest BCUT2D eigenvalue weighted by Crippen LogP contribution is -2.16. The number of benzene rings is 2. The van der Waals surface area contributed by atoms with Crippen molar-refractivity contribution in [3.63, 3.8) is 0 Å². The smallest absolute Gasteiger partial charge is 0.338 e. The summed E-state index contributed by atoms with van der Waals surface area (Å²) >= 11 is 0. The number of aromatic nitrogens is 1. The lowest BCUT2D eigenvalue weighted by molar-refractivity contribution is 0.0691. The van der Waals surface area contributed by atoms with Gasteiger partial charge in [0.05, 0.1) is 18.4 Å². The summed E-state index contributed by atoms with van der Waals surface area (Å²) in [5, 5.41) is 8.84. The number of carbonyl (C=O) groups is 1. The molecule has 1 heterocycles. The van der Waals surface area contributed by atoms with Gasteiger partial charge in [-0.3, -0.25) is 4.72 Å². The molecule has 1 aromatic heterocycles. The first-order chi connectivity index (χ1) is 17.2. The fraction of sp³-hybridized carbons (Fsp3) is 0.333. The predicted molar refractivity (Wildman–Crippen MR) is 135 cm³/mol. The number of hydrogen-bond acceptors (Lipinski definition) is 5. The number of aromatic carboxylic acids is 1. The first kappa shape index (κ1) is 25.6. The molecule has 0 spiro atoms. The Labute approximate surface area is 210 Å². The van der Waals surface area contributed by atoms with Crippen LogP contribution in [0.25, 0.3) is 11.1 Å². The molecule has 36 heavy (non-hydrogen) atoms. The second-order valence-electron chi connectivity index (χ2n) is 9.07. The molecule has 0 radical (unpaired) electrons. The predicted octanol–water partition coefficient (Wildman–Crippen LogP) is 6.08. The molecule has 1 aliphatic rings. The molecule has 0 unspecified atom stereocenters. The van der Waals surface area contributed by atoms with Crippen LogP contribution in [0.4, 0.5) is 10.1 Å². The molecule has 0 amide bonds. The molecule has 9 heteroatoms. The van der Waals surface area contributed by atoms with Gasteiger partial charge < -0.3 is 9.84 Å². The molecule has 2 N–H and O–H groups in total. The molecule has 1 saturated carbocycles. The second-order valence-corrected chi connectivity index (χ2v) is 10.7. The van der Waals surface area contributed by atoms with Gasteiger partial charge >= 0.3 is 5.97 Å². The number of pyridine rings is 1. The maximum Gasteiger partial charge on any atom is 0.338 e. The molecule has 1 fully saturated rings. The SMILES string of the molecule is CC[C@H]1CC[C@H](c2ccc(-c3ccnc(S(=O)(=O)Nc4cc(F)c(C(=O)O)cc4OC)c3)cc2)CC1. The zero-order valence-corrected chi connectivity index (χ0v) is 21.0. The highest BCUT2D eigenvalue weighted by Crippen LogP contribution is 2.37. The highest BCUT2D eigenvalue weighted by molar-refractivity contribution is 7.92. The Morgan fingerprint density at radius 2 is 1.78 bits per heavy atom. The van der Waals surface area contributed by atoms with Crippen molar-refractivity contribution in [2.75, 3.05) is 11.8 Å². The van der Waals surface area contributed by atoms with E-state index in [1.54, 1.807) is 6.07 Å². The van der Waals surface area contributed by atoms with Crippen molar-refractivity contribution in [3.8, 4) is 16.9 Å². The summed E-state index contributed by atoms with van der Waals surface area (Å²) in [6, 6.07) is 13.1. The molecule has 1 aliphatic carbocycles. The number of sulfonamides is 1. The highest BCUT2D eigenvalue weighted by atomic mass is 32.2. The molecular weight excluding hydrogens is 483 g/mol. The molecule has 7 nitrogen and oxygen atoms in total. The van der Waals surface area contributed by atoms with Crippen LogP contribution in [0.15, 0.2) is 59.8 Å². The number of carboxylic acids is 1. The van der Waals surface area contributed by atoms with Crippen LogP contribution in [0.1, 0.15) is 60.9 Å². The Balaban J connectivity index is 1.55. The van der Waals surface area contributed by atoms with E-state index in [0.717, 1.165) is 23.6 Å². The maximum absolute atomic E-state index is 14.2. The van der Waals surface area contributed by atoms with Gasteiger partial charge in [0, 0.05) is 12.3 Å². The number of halogens is 1. The van der Waals surface area contributed by atoms with E-state index >= 15 is 0 Å². The molecular formula is C27H29FN2O5S. The lowest BCUT2D eigenvalue weighted by atomic mass is 9.78. The summed E-state index contributed by atoms with van der Waals surface area (Å²) in [6.45, 7) is 2.25. The molecule has 2 aromatic carbocycles. The third-order valence-electron chi connectivity index (χ3n) is 6.91. The summed E-state index contributed by atoms with van der Waals surface area (Å²) in [6.07, 6.45) is 7.54. The van der Waals surface area contributed by atoms with E-state index in [0.29, 0.717) is 11.5 Å². The quantitative estimate of drug-likeness (QED) is 0.379. The monoisotopic (exact) mass is 512 g/mol. The standard InChI is InChI=1S/C27H29FN2O5S/c1-3-17-4-6-18(7-5-17)19-8-10-20(11-9-19)21-12-13-29-26(14-21)36(33,34)30-24-16-23(28)22(27(31)32)15-25(24)35-2/h8-18,30H,3-7H2,1-2H3,(H,31,32)/t17-,18-. The zero-order valence-electron chi connectivity index (χ0n) is 20.2. The Bertz CT molecular complexity index is 1350. The van der Waals surface area contributed by atoms with E-state index < -0.39 is 27.4 Å². The van der Waals surface area contributed by atoms with E-state index in [1.165, 1.54) is 57.0 Å². The normalized spacial score (nSPS) is 18.0. The summed E-state index contributed by atoms with van der Waals surface area (Å²) in [5.41, 5.74) is 1.97. The second kappa shape index (κ2) is 10.7. The minimum atomic E-state index is -4.21.